The Morgan fingerprint density at radius 1 is 1.07 bits per heavy atom. The summed E-state index contributed by atoms with van der Waals surface area (Å²) in [6, 6.07) is 16.4. The lowest BCUT2D eigenvalue weighted by molar-refractivity contribution is 0.193. The van der Waals surface area contributed by atoms with Gasteiger partial charge in [0.1, 0.15) is 0 Å². The minimum Gasteiger partial charge on any atom is -0.331 e. The van der Waals surface area contributed by atoms with E-state index in [1.54, 1.807) is 0 Å². The van der Waals surface area contributed by atoms with E-state index in [4.69, 9.17) is 0 Å². The fourth-order valence-electron chi connectivity index (χ4n) is 3.59. The summed E-state index contributed by atoms with van der Waals surface area (Å²) < 4.78 is 0. The molecule has 2 heterocycles. The molecule has 1 N–H and O–H groups in total. The minimum atomic E-state index is 0.0528. The van der Waals surface area contributed by atoms with Crippen LogP contribution < -0.4 is 5.32 Å². The third-order valence-corrected chi connectivity index (χ3v) is 5.06. The van der Waals surface area contributed by atoms with Crippen LogP contribution in [-0.2, 0) is 6.54 Å². The number of urea groups is 1. The third-order valence-electron chi connectivity index (χ3n) is 5.06. The van der Waals surface area contributed by atoms with Crippen molar-refractivity contribution in [3.05, 3.63) is 66.0 Å². The molecule has 2 aromatic rings. The lowest BCUT2D eigenvalue weighted by Crippen LogP contribution is -2.43. The molecule has 144 valence electrons. The van der Waals surface area contributed by atoms with Crippen molar-refractivity contribution >= 4 is 6.03 Å². The van der Waals surface area contributed by atoms with Crippen molar-refractivity contribution in [2.75, 3.05) is 26.2 Å². The molecule has 0 aliphatic carbocycles. The van der Waals surface area contributed by atoms with Crippen molar-refractivity contribution in [1.29, 1.82) is 0 Å². The van der Waals surface area contributed by atoms with Crippen molar-refractivity contribution in [3.63, 3.8) is 0 Å². The maximum atomic E-state index is 12.9. The highest BCUT2D eigenvalue weighted by atomic mass is 16.2. The van der Waals surface area contributed by atoms with Crippen LogP contribution in [0.25, 0.3) is 0 Å². The van der Waals surface area contributed by atoms with Crippen LogP contribution in [0.1, 0.15) is 43.5 Å². The molecule has 1 aliphatic heterocycles. The molecule has 0 radical (unpaired) electrons. The summed E-state index contributed by atoms with van der Waals surface area (Å²) in [7, 11) is 0. The lowest BCUT2D eigenvalue weighted by Gasteiger charge is -2.26. The molecule has 3 rings (SSSR count). The number of rotatable bonds is 6. The maximum Gasteiger partial charge on any atom is 0.317 e. The Bertz CT molecular complexity index is 692. The number of nitrogens with one attached hydrogen (secondary N) is 1. The van der Waals surface area contributed by atoms with E-state index in [9.17, 15) is 4.79 Å². The van der Waals surface area contributed by atoms with E-state index < -0.39 is 0 Å². The van der Waals surface area contributed by atoms with Gasteiger partial charge in [-0.25, -0.2) is 4.79 Å². The number of pyridine rings is 1. The smallest absolute Gasteiger partial charge is 0.317 e. The van der Waals surface area contributed by atoms with Gasteiger partial charge >= 0.3 is 6.03 Å². The third kappa shape index (κ3) is 5.79. The fraction of sp³-hybridized carbons (Fsp3) is 0.455. The van der Waals surface area contributed by atoms with Gasteiger partial charge in [0.15, 0.2) is 0 Å². The molecule has 1 atom stereocenters. The summed E-state index contributed by atoms with van der Waals surface area (Å²) in [6.45, 7) is 6.44. The number of hydrogen-bond acceptors (Lipinski definition) is 3. The Labute approximate surface area is 162 Å². The summed E-state index contributed by atoms with van der Waals surface area (Å²) in [6.07, 6.45) is 4.82. The van der Waals surface area contributed by atoms with E-state index in [0.29, 0.717) is 0 Å². The molecule has 1 aromatic carbocycles. The van der Waals surface area contributed by atoms with Gasteiger partial charge in [-0.05, 0) is 30.5 Å². The highest BCUT2D eigenvalue weighted by Gasteiger charge is 2.22. The second-order valence-electron chi connectivity index (χ2n) is 7.14. The summed E-state index contributed by atoms with van der Waals surface area (Å²) >= 11 is 0. The van der Waals surface area contributed by atoms with Crippen LogP contribution in [0.2, 0.25) is 0 Å². The van der Waals surface area contributed by atoms with Gasteiger partial charge in [0.05, 0.1) is 11.7 Å². The number of hydrogen-bond donors (Lipinski definition) is 1. The van der Waals surface area contributed by atoms with E-state index >= 15 is 0 Å². The van der Waals surface area contributed by atoms with Crippen LogP contribution in [0.3, 0.4) is 0 Å². The Balaban J connectivity index is 1.55. The molecule has 1 fully saturated rings. The fourth-order valence-corrected chi connectivity index (χ4v) is 3.59. The summed E-state index contributed by atoms with van der Waals surface area (Å²) in [5, 5.41) is 3.25. The normalized spacial score (nSPS) is 16.6. The van der Waals surface area contributed by atoms with Crippen LogP contribution in [0.5, 0.6) is 0 Å². The monoisotopic (exact) mass is 366 g/mol. The standard InChI is InChI=1S/C22H30N4O/c1-2-9-21(19-10-4-3-5-11-19)24-22(27)26-15-8-14-25(16-17-26)18-20-12-6-7-13-23-20/h3-7,10-13,21H,2,8-9,14-18H2,1H3,(H,24,27)/t21-/m0/s1. The molecule has 5 nitrogen and oxygen atoms in total. The van der Waals surface area contributed by atoms with Crippen molar-refractivity contribution < 1.29 is 4.79 Å². The average molecular weight is 367 g/mol. The van der Waals surface area contributed by atoms with Gasteiger partial charge in [-0.1, -0.05) is 49.7 Å². The Morgan fingerprint density at radius 2 is 1.89 bits per heavy atom. The molecular formula is C22H30N4O. The van der Waals surface area contributed by atoms with Crippen molar-refractivity contribution in [2.24, 2.45) is 0 Å². The average Bonchev–Trinajstić information content (AvgIpc) is 2.95. The Kier molecular flexibility index (Phi) is 7.22. The second-order valence-corrected chi connectivity index (χ2v) is 7.14. The van der Waals surface area contributed by atoms with Gasteiger partial charge < -0.3 is 10.2 Å². The first kappa shape index (κ1) is 19.4. The van der Waals surface area contributed by atoms with Gasteiger partial charge in [0.2, 0.25) is 0 Å². The van der Waals surface area contributed by atoms with Gasteiger partial charge in [-0.15, -0.1) is 0 Å². The summed E-state index contributed by atoms with van der Waals surface area (Å²) in [4.78, 5) is 21.6. The molecule has 2 amide bonds. The molecule has 1 saturated heterocycles. The highest BCUT2D eigenvalue weighted by Crippen LogP contribution is 2.19. The zero-order valence-corrected chi connectivity index (χ0v) is 16.2. The SMILES string of the molecule is CCC[C@H](NC(=O)N1CCCN(Cc2ccccn2)CC1)c1ccccc1. The van der Waals surface area contributed by atoms with Crippen LogP contribution in [-0.4, -0.2) is 47.0 Å². The maximum absolute atomic E-state index is 12.9. The number of benzene rings is 1. The zero-order valence-electron chi connectivity index (χ0n) is 16.2. The molecule has 0 saturated carbocycles. The van der Waals surface area contributed by atoms with Crippen LogP contribution in [0, 0.1) is 0 Å². The number of carbonyl (C=O) groups excluding carboxylic acids is 1. The molecule has 5 heteroatoms. The predicted molar refractivity (Wildman–Crippen MR) is 108 cm³/mol. The summed E-state index contributed by atoms with van der Waals surface area (Å²) in [5.41, 5.74) is 2.27. The van der Waals surface area contributed by atoms with Gasteiger partial charge in [0.25, 0.3) is 0 Å². The second kappa shape index (κ2) is 10.1. The Morgan fingerprint density at radius 3 is 2.63 bits per heavy atom. The molecule has 27 heavy (non-hydrogen) atoms. The zero-order chi connectivity index (χ0) is 18.9. The summed E-state index contributed by atoms with van der Waals surface area (Å²) in [5.74, 6) is 0. The Hall–Kier alpha value is -2.40. The van der Waals surface area contributed by atoms with Gasteiger partial charge in [0, 0.05) is 38.9 Å². The molecular weight excluding hydrogens is 336 g/mol. The highest BCUT2D eigenvalue weighted by molar-refractivity contribution is 5.74. The first-order chi connectivity index (χ1) is 13.3. The van der Waals surface area contributed by atoms with Crippen LogP contribution >= 0.6 is 0 Å². The van der Waals surface area contributed by atoms with Crippen molar-refractivity contribution in [2.45, 2.75) is 38.8 Å². The minimum absolute atomic E-state index is 0.0528. The number of amides is 2. The number of carbonyl (C=O) groups is 1. The first-order valence-corrected chi connectivity index (χ1v) is 9.99. The topological polar surface area (TPSA) is 48.5 Å². The van der Waals surface area contributed by atoms with E-state index in [1.165, 1.54) is 5.56 Å². The quantitative estimate of drug-likeness (QED) is 0.845. The molecule has 1 aromatic heterocycles. The van der Waals surface area contributed by atoms with Crippen LogP contribution in [0.4, 0.5) is 4.79 Å². The van der Waals surface area contributed by atoms with Gasteiger partial charge in [-0.2, -0.15) is 0 Å². The molecule has 0 unspecified atom stereocenters. The lowest BCUT2D eigenvalue weighted by atomic mass is 10.0. The first-order valence-electron chi connectivity index (χ1n) is 9.99. The van der Waals surface area contributed by atoms with Crippen molar-refractivity contribution in [1.82, 2.24) is 20.1 Å². The number of aromatic nitrogens is 1. The largest absolute Gasteiger partial charge is 0.331 e. The van der Waals surface area contributed by atoms with E-state index in [2.05, 4.69) is 40.3 Å². The predicted octanol–water partition coefficient (Wildman–Crippen LogP) is 3.84. The molecule has 0 spiro atoms. The van der Waals surface area contributed by atoms with E-state index in [-0.39, 0.29) is 12.1 Å². The van der Waals surface area contributed by atoms with Crippen LogP contribution in [0.15, 0.2) is 54.7 Å². The molecule has 0 bridgehead atoms. The van der Waals surface area contributed by atoms with E-state index in [1.807, 2.05) is 41.4 Å². The van der Waals surface area contributed by atoms with Gasteiger partial charge in [-0.3, -0.25) is 9.88 Å². The molecule has 1 aliphatic rings. The number of nitrogens with zero attached hydrogens (tertiary/aromatic N) is 3. The van der Waals surface area contributed by atoms with Crippen molar-refractivity contribution in [3.8, 4) is 0 Å². The van der Waals surface area contributed by atoms with E-state index in [0.717, 1.165) is 57.7 Å².